The van der Waals surface area contributed by atoms with Crippen molar-refractivity contribution in [2.75, 3.05) is 7.11 Å². The topological polar surface area (TPSA) is 35.5 Å². The van der Waals surface area contributed by atoms with Crippen molar-refractivity contribution in [1.82, 2.24) is 0 Å². The molecule has 0 amide bonds. The van der Waals surface area contributed by atoms with Crippen LogP contribution < -0.4 is 0 Å². The van der Waals surface area contributed by atoms with Gasteiger partial charge in [0.05, 0.1) is 12.5 Å². The van der Waals surface area contributed by atoms with E-state index in [2.05, 4.69) is 9.47 Å². The third-order valence-corrected chi connectivity index (χ3v) is 4.73. The average Bonchev–Trinajstić information content (AvgIpc) is 3.03. The summed E-state index contributed by atoms with van der Waals surface area (Å²) in [6.07, 6.45) is -2.99. The van der Waals surface area contributed by atoms with Crippen molar-refractivity contribution in [3.05, 3.63) is 45.5 Å². The molecule has 0 aromatic heterocycles. The van der Waals surface area contributed by atoms with E-state index < -0.39 is 46.5 Å². The van der Waals surface area contributed by atoms with Gasteiger partial charge in [-0.1, -0.05) is 43.1 Å². The predicted molar refractivity (Wildman–Crippen MR) is 87.6 cm³/mol. The minimum Gasteiger partial charge on any atom is -0.397 e. The Kier molecular flexibility index (Phi) is 5.95. The Hall–Kier alpha value is -1.31. The number of hydrogen-bond donors (Lipinski definition) is 0. The van der Waals surface area contributed by atoms with E-state index in [1.165, 1.54) is 13.2 Å². The van der Waals surface area contributed by atoms with Crippen LogP contribution in [-0.4, -0.2) is 13.1 Å². The van der Waals surface area contributed by atoms with Crippen LogP contribution in [0.3, 0.4) is 0 Å². The van der Waals surface area contributed by atoms with Crippen LogP contribution in [0.25, 0.3) is 0 Å². The normalized spacial score (nSPS) is 21.3. The molecular formula is C17H16Cl2F4O3. The Labute approximate surface area is 157 Å². The molecule has 0 saturated heterocycles. The number of esters is 1. The molecule has 26 heavy (non-hydrogen) atoms. The summed E-state index contributed by atoms with van der Waals surface area (Å²) in [6, 6.07) is 1.60. The van der Waals surface area contributed by atoms with Crippen LogP contribution in [-0.2, 0) is 27.0 Å². The van der Waals surface area contributed by atoms with Gasteiger partial charge >= 0.3 is 12.1 Å². The Morgan fingerprint density at radius 2 is 1.88 bits per heavy atom. The van der Waals surface area contributed by atoms with E-state index in [9.17, 15) is 22.4 Å². The smallest absolute Gasteiger partial charge is 0.397 e. The third-order valence-electron chi connectivity index (χ3n) is 4.47. The summed E-state index contributed by atoms with van der Waals surface area (Å²) < 4.78 is 65.1. The Bertz CT molecular complexity index is 746. The number of alkyl halides is 2. The van der Waals surface area contributed by atoms with E-state index in [1.807, 2.05) is 0 Å². The van der Waals surface area contributed by atoms with Crippen molar-refractivity contribution in [3.8, 4) is 0 Å². The number of allylic oxidation sites excluding steroid dienone is 1. The van der Waals surface area contributed by atoms with Gasteiger partial charge in [-0.25, -0.2) is 8.78 Å². The number of carbonyl (C=O) groups excluding carboxylic acids is 1. The second-order valence-corrected chi connectivity index (χ2v) is 7.56. The first-order chi connectivity index (χ1) is 11.9. The van der Waals surface area contributed by atoms with Crippen LogP contribution in [0.2, 0.25) is 0 Å². The maximum Gasteiger partial charge on any atom is 0.431 e. The van der Waals surface area contributed by atoms with Gasteiger partial charge in [-0.05, 0) is 23.5 Å². The van der Waals surface area contributed by atoms with Crippen LogP contribution in [0.5, 0.6) is 0 Å². The van der Waals surface area contributed by atoms with Gasteiger partial charge in [0.25, 0.3) is 0 Å². The highest BCUT2D eigenvalue weighted by molar-refractivity contribution is 6.55. The van der Waals surface area contributed by atoms with Gasteiger partial charge in [0, 0.05) is 12.7 Å². The number of carbonyl (C=O) groups is 1. The zero-order valence-electron chi connectivity index (χ0n) is 14.1. The molecule has 0 N–H and O–H groups in total. The predicted octanol–water partition coefficient (Wildman–Crippen LogP) is 5.29. The van der Waals surface area contributed by atoms with E-state index in [4.69, 9.17) is 23.2 Å². The molecule has 1 fully saturated rings. The van der Waals surface area contributed by atoms with Crippen LogP contribution >= 0.6 is 23.2 Å². The minimum atomic E-state index is -4.34. The monoisotopic (exact) mass is 414 g/mol. The highest BCUT2D eigenvalue weighted by Gasteiger charge is 2.63. The number of hydrogen-bond acceptors (Lipinski definition) is 3. The first kappa shape index (κ1) is 21.0. The lowest BCUT2D eigenvalue weighted by atomic mass is 10.1. The van der Waals surface area contributed by atoms with E-state index >= 15 is 0 Å². The number of ether oxygens (including phenoxy) is 2. The fraction of sp³-hybridized carbons (Fsp3) is 0.471. The standard InChI is InChI=1S/C17H16Cl2F4O3/c1-16(2)10(6-11(18)19)12(16)15(24)26-17(22,23)9-5-4-8(7-25-3)13(20)14(9)21/h4-6,10,12H,7H2,1-3H3. The van der Waals surface area contributed by atoms with Gasteiger partial charge in [0.15, 0.2) is 11.6 Å². The van der Waals surface area contributed by atoms with E-state index in [0.29, 0.717) is 6.07 Å². The van der Waals surface area contributed by atoms with Gasteiger partial charge in [-0.2, -0.15) is 8.78 Å². The summed E-state index contributed by atoms with van der Waals surface area (Å²) in [4.78, 5) is 12.1. The van der Waals surface area contributed by atoms with Gasteiger partial charge in [0.1, 0.15) is 10.1 Å². The van der Waals surface area contributed by atoms with Gasteiger partial charge < -0.3 is 9.47 Å². The molecule has 1 aliphatic carbocycles. The summed E-state index contributed by atoms with van der Waals surface area (Å²) in [5, 5.41) is 0. The third kappa shape index (κ3) is 4.00. The molecule has 0 heterocycles. The van der Waals surface area contributed by atoms with Gasteiger partial charge in [-0.15, -0.1) is 0 Å². The van der Waals surface area contributed by atoms with Crippen molar-refractivity contribution < 1.29 is 31.8 Å². The number of rotatable bonds is 6. The Balaban J connectivity index is 2.23. The first-order valence-corrected chi connectivity index (χ1v) is 8.28. The minimum absolute atomic E-state index is 0.105. The van der Waals surface area contributed by atoms with Crippen LogP contribution in [0.15, 0.2) is 22.7 Å². The molecule has 1 aromatic carbocycles. The lowest BCUT2D eigenvalue weighted by molar-refractivity contribution is -0.243. The zero-order chi connectivity index (χ0) is 19.9. The molecule has 9 heteroatoms. The molecule has 1 aliphatic rings. The van der Waals surface area contributed by atoms with Crippen molar-refractivity contribution in [2.24, 2.45) is 17.3 Å². The molecule has 3 nitrogen and oxygen atoms in total. The molecule has 0 aliphatic heterocycles. The quantitative estimate of drug-likeness (QED) is 0.468. The molecule has 1 aromatic rings. The molecule has 2 rings (SSSR count). The lowest BCUT2D eigenvalue weighted by Gasteiger charge is -2.19. The van der Waals surface area contributed by atoms with E-state index in [-0.39, 0.29) is 16.7 Å². The molecule has 1 saturated carbocycles. The van der Waals surface area contributed by atoms with Gasteiger partial charge in [0.2, 0.25) is 0 Å². The van der Waals surface area contributed by atoms with Crippen LogP contribution in [0.1, 0.15) is 25.0 Å². The Morgan fingerprint density at radius 1 is 1.27 bits per heavy atom. The summed E-state index contributed by atoms with van der Waals surface area (Å²) in [6.45, 7) is 3.00. The molecule has 2 unspecified atom stereocenters. The number of methoxy groups -OCH3 is 1. The van der Waals surface area contributed by atoms with Crippen molar-refractivity contribution in [3.63, 3.8) is 0 Å². The molecule has 2 atom stereocenters. The SMILES string of the molecule is COCc1ccc(C(F)(F)OC(=O)C2C(C=C(Cl)Cl)C2(C)C)c(F)c1F. The zero-order valence-corrected chi connectivity index (χ0v) is 15.6. The maximum absolute atomic E-state index is 14.2. The summed E-state index contributed by atoms with van der Waals surface area (Å²) in [5.41, 5.74) is -2.31. The number of halogens is 6. The second-order valence-electron chi connectivity index (χ2n) is 6.55. The second kappa shape index (κ2) is 7.37. The van der Waals surface area contributed by atoms with Crippen molar-refractivity contribution in [1.29, 1.82) is 0 Å². The highest BCUT2D eigenvalue weighted by Crippen LogP contribution is 2.60. The largest absolute Gasteiger partial charge is 0.431 e. The summed E-state index contributed by atoms with van der Waals surface area (Å²) in [5.74, 6) is -5.96. The van der Waals surface area contributed by atoms with E-state index in [1.54, 1.807) is 13.8 Å². The fourth-order valence-corrected chi connectivity index (χ4v) is 3.17. The number of benzene rings is 1. The molecule has 0 radical (unpaired) electrons. The summed E-state index contributed by atoms with van der Waals surface area (Å²) >= 11 is 11.1. The lowest BCUT2D eigenvalue weighted by Crippen LogP contribution is -2.26. The molecular weight excluding hydrogens is 399 g/mol. The average molecular weight is 415 g/mol. The van der Waals surface area contributed by atoms with Crippen LogP contribution in [0, 0.1) is 28.9 Å². The van der Waals surface area contributed by atoms with Crippen molar-refractivity contribution in [2.45, 2.75) is 26.6 Å². The highest BCUT2D eigenvalue weighted by atomic mass is 35.5. The fourth-order valence-electron chi connectivity index (χ4n) is 2.90. The molecule has 0 spiro atoms. The molecule has 0 bridgehead atoms. The van der Waals surface area contributed by atoms with Crippen molar-refractivity contribution >= 4 is 29.2 Å². The Morgan fingerprint density at radius 3 is 2.42 bits per heavy atom. The van der Waals surface area contributed by atoms with Gasteiger partial charge in [-0.3, -0.25) is 4.79 Å². The van der Waals surface area contributed by atoms with Crippen LogP contribution in [0.4, 0.5) is 17.6 Å². The first-order valence-electron chi connectivity index (χ1n) is 7.53. The van der Waals surface area contributed by atoms with E-state index in [0.717, 1.165) is 6.07 Å². The maximum atomic E-state index is 14.2. The molecule has 144 valence electrons. The summed E-state index contributed by atoms with van der Waals surface area (Å²) in [7, 11) is 1.25.